The third-order valence-electron chi connectivity index (χ3n) is 5.45. The maximum Gasteiger partial charge on any atom is 0.309 e. The van der Waals surface area contributed by atoms with E-state index in [0.29, 0.717) is 12.2 Å². The third kappa shape index (κ3) is 3.86. The molecule has 1 aromatic heterocycles. The van der Waals surface area contributed by atoms with Crippen LogP contribution in [0.15, 0.2) is 52.2 Å². The smallest absolute Gasteiger partial charge is 0.309 e. The Labute approximate surface area is 164 Å². The van der Waals surface area contributed by atoms with Gasteiger partial charge in [-0.05, 0) is 37.5 Å². The molecule has 28 heavy (non-hydrogen) atoms. The average Bonchev–Trinajstić information content (AvgIpc) is 3.47. The van der Waals surface area contributed by atoms with E-state index in [2.05, 4.69) is 5.10 Å². The van der Waals surface area contributed by atoms with Crippen molar-refractivity contribution in [1.82, 2.24) is 5.01 Å². The highest BCUT2D eigenvalue weighted by Crippen LogP contribution is 2.33. The molecule has 4 rings (SSSR count). The molecule has 1 aliphatic carbocycles. The van der Waals surface area contributed by atoms with Gasteiger partial charge in [0, 0.05) is 6.42 Å². The number of carbonyl (C=O) groups excluding carboxylic acids is 2. The van der Waals surface area contributed by atoms with Crippen molar-refractivity contribution in [2.45, 2.75) is 45.1 Å². The van der Waals surface area contributed by atoms with E-state index < -0.39 is 0 Å². The zero-order valence-corrected chi connectivity index (χ0v) is 16.0. The van der Waals surface area contributed by atoms with Crippen LogP contribution in [-0.2, 0) is 14.3 Å². The van der Waals surface area contributed by atoms with Gasteiger partial charge in [-0.2, -0.15) is 5.10 Å². The van der Waals surface area contributed by atoms with Crippen LogP contribution in [0.1, 0.15) is 55.0 Å². The standard InChI is InChI=1S/C22H24N2O4/c1-15-8-10-16(11-9-15)18-13-19(20-7-4-12-27-20)24(23-18)21(25)14-28-22(26)17-5-2-3-6-17/h4,7-12,17,19H,2-3,5-6,13-14H2,1H3/t19-/m0/s1. The molecular weight excluding hydrogens is 356 g/mol. The zero-order valence-electron chi connectivity index (χ0n) is 16.0. The molecule has 1 saturated carbocycles. The normalized spacial score (nSPS) is 19.7. The Balaban J connectivity index is 1.49. The lowest BCUT2D eigenvalue weighted by Gasteiger charge is -2.20. The molecule has 1 aliphatic heterocycles. The molecule has 0 saturated heterocycles. The second kappa shape index (κ2) is 8.00. The number of furan rings is 1. The van der Waals surface area contributed by atoms with Gasteiger partial charge in [0.25, 0.3) is 5.91 Å². The van der Waals surface area contributed by atoms with Crippen molar-refractivity contribution < 1.29 is 18.7 Å². The van der Waals surface area contributed by atoms with Crippen molar-refractivity contribution in [3.05, 3.63) is 59.5 Å². The minimum Gasteiger partial charge on any atom is -0.467 e. The van der Waals surface area contributed by atoms with Gasteiger partial charge in [0.1, 0.15) is 11.8 Å². The summed E-state index contributed by atoms with van der Waals surface area (Å²) in [5, 5.41) is 5.95. The van der Waals surface area contributed by atoms with Gasteiger partial charge in [-0.15, -0.1) is 0 Å². The van der Waals surface area contributed by atoms with Crippen molar-refractivity contribution in [2.24, 2.45) is 11.0 Å². The van der Waals surface area contributed by atoms with E-state index in [9.17, 15) is 9.59 Å². The fraction of sp³-hybridized carbons (Fsp3) is 0.409. The Morgan fingerprint density at radius 1 is 1.18 bits per heavy atom. The fourth-order valence-electron chi connectivity index (χ4n) is 3.84. The van der Waals surface area contributed by atoms with E-state index in [0.717, 1.165) is 42.5 Å². The van der Waals surface area contributed by atoms with E-state index in [-0.39, 0.29) is 30.4 Å². The Hall–Kier alpha value is -2.89. The van der Waals surface area contributed by atoms with Crippen LogP contribution in [0.25, 0.3) is 0 Å². The van der Waals surface area contributed by atoms with Crippen molar-refractivity contribution >= 4 is 17.6 Å². The number of hydrazone groups is 1. The van der Waals surface area contributed by atoms with Gasteiger partial charge < -0.3 is 9.15 Å². The number of carbonyl (C=O) groups is 2. The molecule has 0 N–H and O–H groups in total. The first-order valence-corrected chi connectivity index (χ1v) is 9.78. The van der Waals surface area contributed by atoms with Crippen LogP contribution >= 0.6 is 0 Å². The molecule has 2 aromatic rings. The Morgan fingerprint density at radius 3 is 2.61 bits per heavy atom. The predicted molar refractivity (Wildman–Crippen MR) is 104 cm³/mol. The van der Waals surface area contributed by atoms with Gasteiger partial charge in [0.15, 0.2) is 6.61 Å². The van der Waals surface area contributed by atoms with E-state index in [1.807, 2.05) is 37.3 Å². The zero-order chi connectivity index (χ0) is 19.5. The van der Waals surface area contributed by atoms with Crippen molar-refractivity contribution in [3.63, 3.8) is 0 Å². The summed E-state index contributed by atoms with van der Waals surface area (Å²) < 4.78 is 10.8. The molecule has 1 atom stereocenters. The van der Waals surface area contributed by atoms with Gasteiger partial charge in [-0.25, -0.2) is 5.01 Å². The molecule has 2 aliphatic rings. The molecule has 2 heterocycles. The van der Waals surface area contributed by atoms with Gasteiger partial charge in [-0.1, -0.05) is 42.7 Å². The third-order valence-corrected chi connectivity index (χ3v) is 5.45. The van der Waals surface area contributed by atoms with E-state index in [4.69, 9.17) is 9.15 Å². The van der Waals surface area contributed by atoms with Gasteiger partial charge in [0.05, 0.1) is 17.9 Å². The van der Waals surface area contributed by atoms with Crippen molar-refractivity contribution in [2.75, 3.05) is 6.61 Å². The summed E-state index contributed by atoms with van der Waals surface area (Å²) in [5.74, 6) is -0.0163. The topological polar surface area (TPSA) is 72.1 Å². The molecule has 1 aromatic carbocycles. The predicted octanol–water partition coefficient (Wildman–Crippen LogP) is 4.00. The Bertz CT molecular complexity index is 864. The molecule has 1 fully saturated rings. The highest BCUT2D eigenvalue weighted by molar-refractivity contribution is 6.03. The number of hydrogen-bond donors (Lipinski definition) is 0. The van der Waals surface area contributed by atoms with Crippen LogP contribution in [0.2, 0.25) is 0 Å². The first-order chi connectivity index (χ1) is 13.6. The molecule has 146 valence electrons. The number of rotatable bonds is 5. The Kier molecular flexibility index (Phi) is 5.28. The van der Waals surface area contributed by atoms with Gasteiger partial charge in [0.2, 0.25) is 0 Å². The second-order valence-corrected chi connectivity index (χ2v) is 7.48. The van der Waals surface area contributed by atoms with E-state index in [1.165, 1.54) is 5.01 Å². The highest BCUT2D eigenvalue weighted by atomic mass is 16.5. The van der Waals surface area contributed by atoms with Crippen LogP contribution in [0.5, 0.6) is 0 Å². The number of esters is 1. The lowest BCUT2D eigenvalue weighted by atomic mass is 10.0. The first-order valence-electron chi connectivity index (χ1n) is 9.78. The van der Waals surface area contributed by atoms with Crippen LogP contribution in [0, 0.1) is 12.8 Å². The summed E-state index contributed by atoms with van der Waals surface area (Å²) >= 11 is 0. The average molecular weight is 380 g/mol. The molecule has 6 heteroatoms. The second-order valence-electron chi connectivity index (χ2n) is 7.48. The van der Waals surface area contributed by atoms with E-state index in [1.54, 1.807) is 12.3 Å². The summed E-state index contributed by atoms with van der Waals surface area (Å²) in [7, 11) is 0. The van der Waals surface area contributed by atoms with Crippen molar-refractivity contribution in [3.8, 4) is 0 Å². The van der Waals surface area contributed by atoms with Gasteiger partial charge in [-0.3, -0.25) is 9.59 Å². The Morgan fingerprint density at radius 2 is 1.93 bits per heavy atom. The summed E-state index contributed by atoms with van der Waals surface area (Å²) in [6.07, 6.45) is 5.93. The number of amides is 1. The quantitative estimate of drug-likeness (QED) is 0.735. The molecule has 0 spiro atoms. The van der Waals surface area contributed by atoms with Crippen LogP contribution in [-0.4, -0.2) is 29.2 Å². The minimum absolute atomic E-state index is 0.0705. The fourth-order valence-corrected chi connectivity index (χ4v) is 3.84. The highest BCUT2D eigenvalue weighted by Gasteiger charge is 2.35. The molecule has 1 amide bonds. The SMILES string of the molecule is Cc1ccc(C2=NN(C(=O)COC(=O)C3CCCC3)[C@H](c3ccco3)C2)cc1. The molecule has 0 unspecified atom stereocenters. The summed E-state index contributed by atoms with van der Waals surface area (Å²) in [6, 6.07) is 11.3. The van der Waals surface area contributed by atoms with Gasteiger partial charge >= 0.3 is 5.97 Å². The van der Waals surface area contributed by atoms with Crippen LogP contribution < -0.4 is 0 Å². The van der Waals surface area contributed by atoms with Crippen LogP contribution in [0.3, 0.4) is 0 Å². The summed E-state index contributed by atoms with van der Waals surface area (Å²) in [5.41, 5.74) is 2.95. The molecular formula is C22H24N2O4. The first kappa shape index (κ1) is 18.5. The monoisotopic (exact) mass is 380 g/mol. The maximum absolute atomic E-state index is 12.8. The maximum atomic E-state index is 12.8. The van der Waals surface area contributed by atoms with Crippen LogP contribution in [0.4, 0.5) is 0 Å². The number of benzene rings is 1. The molecule has 0 bridgehead atoms. The van der Waals surface area contributed by atoms with Crippen molar-refractivity contribution in [1.29, 1.82) is 0 Å². The number of ether oxygens (including phenoxy) is 1. The molecule has 0 radical (unpaired) electrons. The van der Waals surface area contributed by atoms with E-state index >= 15 is 0 Å². The number of aryl methyl sites for hydroxylation is 1. The number of hydrogen-bond acceptors (Lipinski definition) is 5. The summed E-state index contributed by atoms with van der Waals surface area (Å²) in [4.78, 5) is 24.9. The minimum atomic E-state index is -0.338. The number of nitrogens with zero attached hydrogens (tertiary/aromatic N) is 2. The lowest BCUT2D eigenvalue weighted by Crippen LogP contribution is -2.32. The summed E-state index contributed by atoms with van der Waals surface area (Å²) in [6.45, 7) is 1.73. The molecule has 6 nitrogen and oxygen atoms in total. The largest absolute Gasteiger partial charge is 0.467 e. The lowest BCUT2D eigenvalue weighted by molar-refractivity contribution is -0.156.